The summed E-state index contributed by atoms with van der Waals surface area (Å²) in [5.41, 5.74) is 3.46. The topological polar surface area (TPSA) is 29.5 Å². The smallest absolute Gasteiger partial charge is 0.123 e. The van der Waals surface area contributed by atoms with Crippen molar-refractivity contribution in [1.29, 1.82) is 0 Å². The fraction of sp³-hybridized carbons (Fsp3) is 0.455. The molecular weight excluding hydrogens is 315 g/mol. The molecule has 1 saturated carbocycles. The maximum Gasteiger partial charge on any atom is 0.123 e. The molecule has 1 heterocycles. The zero-order valence-corrected chi connectivity index (χ0v) is 14.6. The molecule has 25 heavy (non-hydrogen) atoms. The molecule has 1 aliphatic carbocycles. The van der Waals surface area contributed by atoms with Gasteiger partial charge in [0.2, 0.25) is 0 Å². The average Bonchev–Trinajstić information content (AvgIpc) is 3.20. The number of halogens is 1. The van der Waals surface area contributed by atoms with Gasteiger partial charge in [-0.25, -0.2) is 4.39 Å². The molecule has 1 saturated heterocycles. The maximum atomic E-state index is 13.4. The van der Waals surface area contributed by atoms with Crippen LogP contribution in [-0.2, 0) is 4.74 Å². The molecule has 1 spiro atoms. The minimum absolute atomic E-state index is 0.132. The average molecular weight is 340 g/mol. The van der Waals surface area contributed by atoms with E-state index in [1.165, 1.54) is 23.3 Å². The number of hydrogen-bond acceptors (Lipinski definition) is 2. The highest BCUT2D eigenvalue weighted by atomic mass is 19.1. The molecule has 2 nitrogen and oxygen atoms in total. The predicted molar refractivity (Wildman–Crippen MR) is 96.2 cm³/mol. The van der Waals surface area contributed by atoms with E-state index in [9.17, 15) is 9.50 Å². The fourth-order valence-electron chi connectivity index (χ4n) is 4.95. The highest BCUT2D eigenvalue weighted by Crippen LogP contribution is 2.56. The molecule has 132 valence electrons. The van der Waals surface area contributed by atoms with Gasteiger partial charge >= 0.3 is 0 Å². The number of aliphatic hydroxyl groups excluding tert-OH is 1. The molecule has 3 heteroatoms. The molecule has 0 amide bonds. The lowest BCUT2D eigenvalue weighted by molar-refractivity contribution is -0.0122. The van der Waals surface area contributed by atoms with Crippen LogP contribution in [0.2, 0.25) is 0 Å². The molecule has 4 atom stereocenters. The Labute approximate surface area is 148 Å². The maximum absolute atomic E-state index is 13.4. The predicted octanol–water partition coefficient (Wildman–Crippen LogP) is 4.56. The molecule has 0 radical (unpaired) electrons. The molecule has 2 aliphatic rings. The standard InChI is InChI=1S/C22H25FO2/c1-15-3-2-4-17(11-15)19-12-22(25-14-19)10-9-18(13-24)21(22)16-5-7-20(23)8-6-16/h2-8,11,18-19,21,24H,9-10,12-14H2,1H3/t18?,19?,21?,22-/m1/s1. The highest BCUT2D eigenvalue weighted by Gasteiger charge is 2.53. The Kier molecular flexibility index (Phi) is 4.38. The highest BCUT2D eigenvalue weighted by molar-refractivity contribution is 5.31. The van der Waals surface area contributed by atoms with Crippen molar-refractivity contribution < 1.29 is 14.2 Å². The summed E-state index contributed by atoms with van der Waals surface area (Å²) < 4.78 is 19.8. The van der Waals surface area contributed by atoms with Crippen molar-refractivity contribution in [3.8, 4) is 0 Å². The van der Waals surface area contributed by atoms with E-state index in [0.717, 1.165) is 31.4 Å². The van der Waals surface area contributed by atoms with Gasteiger partial charge < -0.3 is 9.84 Å². The van der Waals surface area contributed by atoms with Crippen LogP contribution in [0, 0.1) is 18.7 Å². The number of rotatable bonds is 3. The Balaban J connectivity index is 1.64. The first kappa shape index (κ1) is 16.7. The van der Waals surface area contributed by atoms with E-state index in [-0.39, 0.29) is 29.9 Å². The number of ether oxygens (including phenoxy) is 1. The van der Waals surface area contributed by atoms with Crippen molar-refractivity contribution in [1.82, 2.24) is 0 Å². The van der Waals surface area contributed by atoms with Crippen molar-refractivity contribution in [2.75, 3.05) is 13.2 Å². The van der Waals surface area contributed by atoms with E-state index in [0.29, 0.717) is 5.92 Å². The Morgan fingerprint density at radius 2 is 1.96 bits per heavy atom. The first-order valence-electron chi connectivity index (χ1n) is 9.18. The van der Waals surface area contributed by atoms with Gasteiger partial charge in [0.05, 0.1) is 12.2 Å². The van der Waals surface area contributed by atoms with Crippen LogP contribution in [0.25, 0.3) is 0 Å². The summed E-state index contributed by atoms with van der Waals surface area (Å²) in [5, 5.41) is 9.89. The van der Waals surface area contributed by atoms with Crippen LogP contribution in [0.5, 0.6) is 0 Å². The fourth-order valence-corrected chi connectivity index (χ4v) is 4.95. The van der Waals surface area contributed by atoms with Crippen molar-refractivity contribution in [2.45, 2.75) is 43.6 Å². The van der Waals surface area contributed by atoms with Crippen LogP contribution in [0.1, 0.15) is 47.8 Å². The number of aliphatic hydroxyl groups is 1. The number of hydrogen-bond donors (Lipinski definition) is 1. The van der Waals surface area contributed by atoms with Gasteiger partial charge in [0, 0.05) is 18.4 Å². The third kappa shape index (κ3) is 3.00. The minimum Gasteiger partial charge on any atom is -0.396 e. The SMILES string of the molecule is Cc1cccc(C2CO[C@]3(CCC(CO)C3c3ccc(F)cc3)C2)c1. The van der Waals surface area contributed by atoms with Crippen LogP contribution in [0.3, 0.4) is 0 Å². The van der Waals surface area contributed by atoms with Crippen LogP contribution in [0.15, 0.2) is 48.5 Å². The summed E-state index contributed by atoms with van der Waals surface area (Å²) in [7, 11) is 0. The van der Waals surface area contributed by atoms with Crippen LogP contribution in [0.4, 0.5) is 4.39 Å². The summed E-state index contributed by atoms with van der Waals surface area (Å²) in [6.45, 7) is 3.00. The lowest BCUT2D eigenvalue weighted by Crippen LogP contribution is -2.34. The second-order valence-corrected chi connectivity index (χ2v) is 7.70. The lowest BCUT2D eigenvalue weighted by Gasteiger charge is -2.33. The number of benzene rings is 2. The molecule has 0 bridgehead atoms. The Morgan fingerprint density at radius 3 is 2.68 bits per heavy atom. The second-order valence-electron chi connectivity index (χ2n) is 7.70. The van der Waals surface area contributed by atoms with Crippen LogP contribution >= 0.6 is 0 Å². The van der Waals surface area contributed by atoms with Crippen molar-refractivity contribution >= 4 is 0 Å². The molecule has 2 aromatic rings. The molecule has 1 aliphatic heterocycles. The molecule has 3 unspecified atom stereocenters. The first-order valence-corrected chi connectivity index (χ1v) is 9.18. The summed E-state index contributed by atoms with van der Waals surface area (Å²) in [4.78, 5) is 0. The second kappa shape index (κ2) is 6.54. The number of aryl methyl sites for hydroxylation is 1. The normalized spacial score (nSPS) is 31.7. The molecule has 0 aromatic heterocycles. The van der Waals surface area contributed by atoms with Gasteiger partial charge in [-0.3, -0.25) is 0 Å². The van der Waals surface area contributed by atoms with Crippen molar-refractivity contribution in [3.63, 3.8) is 0 Å². The van der Waals surface area contributed by atoms with Crippen molar-refractivity contribution in [3.05, 3.63) is 71.0 Å². The van der Waals surface area contributed by atoms with Gasteiger partial charge in [0.25, 0.3) is 0 Å². The summed E-state index contributed by atoms with van der Waals surface area (Å²) in [5.74, 6) is 0.483. The van der Waals surface area contributed by atoms with Gasteiger partial charge in [0.15, 0.2) is 0 Å². The monoisotopic (exact) mass is 340 g/mol. The van der Waals surface area contributed by atoms with E-state index in [1.807, 2.05) is 12.1 Å². The lowest BCUT2D eigenvalue weighted by atomic mass is 9.76. The first-order chi connectivity index (χ1) is 12.1. The summed E-state index contributed by atoms with van der Waals surface area (Å²) in [6, 6.07) is 15.4. The third-order valence-corrected chi connectivity index (χ3v) is 6.12. The van der Waals surface area contributed by atoms with E-state index in [4.69, 9.17) is 4.74 Å². The van der Waals surface area contributed by atoms with Gasteiger partial charge in [-0.2, -0.15) is 0 Å². The summed E-state index contributed by atoms with van der Waals surface area (Å²) >= 11 is 0. The molecule has 2 fully saturated rings. The van der Waals surface area contributed by atoms with Gasteiger partial charge in [-0.1, -0.05) is 42.0 Å². The molecular formula is C22H25FO2. The van der Waals surface area contributed by atoms with Gasteiger partial charge in [-0.05, 0) is 55.4 Å². The van der Waals surface area contributed by atoms with E-state index in [1.54, 1.807) is 0 Å². The Hall–Kier alpha value is -1.71. The quantitative estimate of drug-likeness (QED) is 0.887. The molecule has 1 N–H and O–H groups in total. The van der Waals surface area contributed by atoms with Crippen LogP contribution in [-0.4, -0.2) is 23.9 Å². The van der Waals surface area contributed by atoms with E-state index < -0.39 is 0 Å². The zero-order valence-electron chi connectivity index (χ0n) is 14.6. The largest absolute Gasteiger partial charge is 0.396 e. The van der Waals surface area contributed by atoms with E-state index in [2.05, 4.69) is 31.2 Å². The summed E-state index contributed by atoms with van der Waals surface area (Å²) in [6.07, 6.45) is 2.89. The Bertz CT molecular complexity index is 742. The zero-order chi connectivity index (χ0) is 17.4. The van der Waals surface area contributed by atoms with Crippen molar-refractivity contribution in [2.24, 2.45) is 5.92 Å². The van der Waals surface area contributed by atoms with Gasteiger partial charge in [-0.15, -0.1) is 0 Å². The van der Waals surface area contributed by atoms with E-state index >= 15 is 0 Å². The molecule has 4 rings (SSSR count). The third-order valence-electron chi connectivity index (χ3n) is 6.12. The molecule has 2 aromatic carbocycles. The van der Waals surface area contributed by atoms with Crippen LogP contribution < -0.4 is 0 Å². The van der Waals surface area contributed by atoms with Gasteiger partial charge in [0.1, 0.15) is 5.82 Å². The minimum atomic E-state index is -0.236. The Morgan fingerprint density at radius 1 is 1.16 bits per heavy atom.